The third-order valence-electron chi connectivity index (χ3n) is 4.04. The van der Waals surface area contributed by atoms with E-state index in [9.17, 15) is 18.8 Å². The van der Waals surface area contributed by atoms with Crippen LogP contribution in [0.25, 0.3) is 0 Å². The molecule has 3 amide bonds. The molecule has 1 fully saturated rings. The SMILES string of the molecule is C[C@H]1CCCCN1C(=O)CCNC(=O)C(=O)Nc1cccc(F)c1. The van der Waals surface area contributed by atoms with Gasteiger partial charge in [-0.1, -0.05) is 6.07 Å². The summed E-state index contributed by atoms with van der Waals surface area (Å²) in [5, 5.41) is 4.71. The summed E-state index contributed by atoms with van der Waals surface area (Å²) in [5.74, 6) is -2.26. The van der Waals surface area contributed by atoms with Gasteiger partial charge < -0.3 is 15.5 Å². The molecule has 0 radical (unpaired) electrons. The molecule has 0 spiro atoms. The highest BCUT2D eigenvalue weighted by Gasteiger charge is 2.23. The summed E-state index contributed by atoms with van der Waals surface area (Å²) in [5.41, 5.74) is 0.202. The van der Waals surface area contributed by atoms with Gasteiger partial charge in [0.1, 0.15) is 5.82 Å². The summed E-state index contributed by atoms with van der Waals surface area (Å²) in [6.45, 7) is 2.85. The first-order chi connectivity index (χ1) is 11.5. The number of anilines is 1. The fraction of sp³-hybridized carbons (Fsp3) is 0.471. The fourth-order valence-corrected chi connectivity index (χ4v) is 2.73. The first-order valence-corrected chi connectivity index (χ1v) is 8.11. The molecule has 130 valence electrons. The Labute approximate surface area is 140 Å². The maximum atomic E-state index is 13.0. The van der Waals surface area contributed by atoms with Crippen LogP contribution < -0.4 is 10.6 Å². The predicted octanol–water partition coefficient (Wildman–Crippen LogP) is 1.67. The molecule has 1 aromatic carbocycles. The number of hydrogen-bond acceptors (Lipinski definition) is 3. The molecular formula is C17H22FN3O3. The molecule has 1 aliphatic heterocycles. The first-order valence-electron chi connectivity index (χ1n) is 8.11. The van der Waals surface area contributed by atoms with E-state index in [1.807, 2.05) is 11.8 Å². The monoisotopic (exact) mass is 335 g/mol. The van der Waals surface area contributed by atoms with Gasteiger partial charge in [-0.2, -0.15) is 0 Å². The van der Waals surface area contributed by atoms with Crippen LogP contribution in [-0.4, -0.2) is 41.8 Å². The molecule has 24 heavy (non-hydrogen) atoms. The van der Waals surface area contributed by atoms with Crippen LogP contribution in [0.1, 0.15) is 32.6 Å². The molecule has 1 aliphatic rings. The summed E-state index contributed by atoms with van der Waals surface area (Å²) < 4.78 is 13.0. The smallest absolute Gasteiger partial charge is 0.313 e. The minimum Gasteiger partial charge on any atom is -0.347 e. The zero-order chi connectivity index (χ0) is 17.5. The van der Waals surface area contributed by atoms with Crippen LogP contribution in [0.4, 0.5) is 10.1 Å². The van der Waals surface area contributed by atoms with Crippen molar-refractivity contribution in [3.63, 3.8) is 0 Å². The van der Waals surface area contributed by atoms with Gasteiger partial charge in [-0.05, 0) is 44.4 Å². The number of halogens is 1. The van der Waals surface area contributed by atoms with Crippen molar-refractivity contribution in [3.8, 4) is 0 Å². The first kappa shape index (κ1) is 17.9. The van der Waals surface area contributed by atoms with Crippen molar-refractivity contribution in [1.82, 2.24) is 10.2 Å². The molecule has 2 N–H and O–H groups in total. The Morgan fingerprint density at radius 2 is 2.04 bits per heavy atom. The van der Waals surface area contributed by atoms with Crippen LogP contribution in [0.2, 0.25) is 0 Å². The molecule has 0 bridgehead atoms. The molecular weight excluding hydrogens is 313 g/mol. The number of carbonyl (C=O) groups excluding carboxylic acids is 3. The Morgan fingerprint density at radius 3 is 2.75 bits per heavy atom. The molecule has 0 aromatic heterocycles. The standard InChI is InChI=1S/C17H22FN3O3/c1-12-5-2-3-10-21(12)15(22)8-9-19-16(23)17(24)20-14-7-4-6-13(18)11-14/h4,6-7,11-12H,2-3,5,8-10H2,1H3,(H,19,23)(H,20,24)/t12-/m0/s1. The molecule has 0 aliphatic carbocycles. The van der Waals surface area contributed by atoms with Crippen molar-refractivity contribution >= 4 is 23.4 Å². The van der Waals surface area contributed by atoms with E-state index in [0.717, 1.165) is 31.9 Å². The van der Waals surface area contributed by atoms with Crippen LogP contribution in [0.3, 0.4) is 0 Å². The van der Waals surface area contributed by atoms with E-state index in [1.54, 1.807) is 0 Å². The van der Waals surface area contributed by atoms with E-state index in [1.165, 1.54) is 18.2 Å². The van der Waals surface area contributed by atoms with Crippen molar-refractivity contribution in [2.24, 2.45) is 0 Å². The Bertz CT molecular complexity index is 621. The van der Waals surface area contributed by atoms with Crippen molar-refractivity contribution in [2.75, 3.05) is 18.4 Å². The summed E-state index contributed by atoms with van der Waals surface area (Å²) >= 11 is 0. The third-order valence-corrected chi connectivity index (χ3v) is 4.04. The van der Waals surface area contributed by atoms with E-state index >= 15 is 0 Å². The number of amides is 3. The molecule has 7 heteroatoms. The second-order valence-corrected chi connectivity index (χ2v) is 5.90. The van der Waals surface area contributed by atoms with Crippen LogP contribution in [0.15, 0.2) is 24.3 Å². The topological polar surface area (TPSA) is 78.5 Å². The second kappa shape index (κ2) is 8.42. The average Bonchev–Trinajstić information content (AvgIpc) is 2.55. The molecule has 2 rings (SSSR count). The van der Waals surface area contributed by atoms with Crippen LogP contribution in [0, 0.1) is 5.82 Å². The molecule has 1 heterocycles. The number of hydrogen-bond donors (Lipinski definition) is 2. The summed E-state index contributed by atoms with van der Waals surface area (Å²) in [6.07, 6.45) is 3.28. The van der Waals surface area contributed by atoms with E-state index < -0.39 is 17.6 Å². The zero-order valence-electron chi connectivity index (χ0n) is 13.7. The maximum Gasteiger partial charge on any atom is 0.313 e. The highest BCUT2D eigenvalue weighted by molar-refractivity contribution is 6.39. The summed E-state index contributed by atoms with van der Waals surface area (Å²) in [7, 11) is 0. The van der Waals surface area contributed by atoms with Gasteiger partial charge in [-0.3, -0.25) is 14.4 Å². The number of nitrogens with one attached hydrogen (secondary N) is 2. The van der Waals surface area contributed by atoms with Gasteiger partial charge in [0.2, 0.25) is 5.91 Å². The Morgan fingerprint density at radius 1 is 1.25 bits per heavy atom. The number of piperidine rings is 1. The van der Waals surface area contributed by atoms with E-state index in [0.29, 0.717) is 0 Å². The minimum atomic E-state index is -0.889. The van der Waals surface area contributed by atoms with Gasteiger partial charge in [0.15, 0.2) is 0 Å². The molecule has 0 saturated carbocycles. The number of likely N-dealkylation sites (tertiary alicyclic amines) is 1. The van der Waals surface area contributed by atoms with Gasteiger partial charge >= 0.3 is 11.8 Å². The van der Waals surface area contributed by atoms with E-state index in [2.05, 4.69) is 10.6 Å². The van der Waals surface area contributed by atoms with Crippen LogP contribution in [0.5, 0.6) is 0 Å². The molecule has 1 saturated heterocycles. The van der Waals surface area contributed by atoms with E-state index in [-0.39, 0.29) is 30.6 Å². The largest absolute Gasteiger partial charge is 0.347 e. The minimum absolute atomic E-state index is 0.0203. The van der Waals surface area contributed by atoms with Crippen LogP contribution in [-0.2, 0) is 14.4 Å². The second-order valence-electron chi connectivity index (χ2n) is 5.90. The maximum absolute atomic E-state index is 13.0. The van der Waals surface area contributed by atoms with Gasteiger partial charge in [0, 0.05) is 31.2 Å². The van der Waals surface area contributed by atoms with Gasteiger partial charge in [0.05, 0.1) is 0 Å². The molecule has 1 aromatic rings. The molecule has 6 nitrogen and oxygen atoms in total. The summed E-state index contributed by atoms with van der Waals surface area (Å²) in [6, 6.07) is 5.49. The molecule has 0 unspecified atom stereocenters. The van der Waals surface area contributed by atoms with Crippen molar-refractivity contribution in [1.29, 1.82) is 0 Å². The number of rotatable bonds is 4. The number of benzene rings is 1. The highest BCUT2D eigenvalue weighted by Crippen LogP contribution is 2.17. The number of nitrogens with zero attached hydrogens (tertiary/aromatic N) is 1. The van der Waals surface area contributed by atoms with Crippen LogP contribution >= 0.6 is 0 Å². The van der Waals surface area contributed by atoms with Gasteiger partial charge in [-0.15, -0.1) is 0 Å². The lowest BCUT2D eigenvalue weighted by Gasteiger charge is -2.33. The fourth-order valence-electron chi connectivity index (χ4n) is 2.73. The highest BCUT2D eigenvalue weighted by atomic mass is 19.1. The number of carbonyl (C=O) groups is 3. The average molecular weight is 335 g/mol. The Kier molecular flexibility index (Phi) is 6.28. The molecule has 1 atom stereocenters. The Balaban J connectivity index is 1.74. The lowest BCUT2D eigenvalue weighted by atomic mass is 10.0. The zero-order valence-corrected chi connectivity index (χ0v) is 13.7. The van der Waals surface area contributed by atoms with Crippen molar-refractivity contribution < 1.29 is 18.8 Å². The quantitative estimate of drug-likeness (QED) is 0.822. The van der Waals surface area contributed by atoms with Gasteiger partial charge in [0.25, 0.3) is 0 Å². The van der Waals surface area contributed by atoms with Crippen molar-refractivity contribution in [3.05, 3.63) is 30.1 Å². The normalized spacial score (nSPS) is 17.2. The lowest BCUT2D eigenvalue weighted by Crippen LogP contribution is -2.44. The van der Waals surface area contributed by atoms with Crippen molar-refractivity contribution in [2.45, 2.75) is 38.6 Å². The van der Waals surface area contributed by atoms with E-state index in [4.69, 9.17) is 0 Å². The summed E-state index contributed by atoms with van der Waals surface area (Å²) in [4.78, 5) is 37.4. The Hall–Kier alpha value is -2.44. The van der Waals surface area contributed by atoms with Gasteiger partial charge in [-0.25, -0.2) is 4.39 Å². The predicted molar refractivity (Wildman–Crippen MR) is 87.7 cm³/mol. The lowest BCUT2D eigenvalue weighted by molar-refractivity contribution is -0.137. The third kappa shape index (κ3) is 5.04.